The summed E-state index contributed by atoms with van der Waals surface area (Å²) in [4.78, 5) is 11.9. The van der Waals surface area contributed by atoms with Crippen LogP contribution in [0.4, 0.5) is 0 Å². The Kier molecular flexibility index (Phi) is 4.09. The molecule has 1 aromatic heterocycles. The average Bonchev–Trinajstić information content (AvgIpc) is 2.93. The van der Waals surface area contributed by atoms with Gasteiger partial charge < -0.3 is 11.1 Å². The van der Waals surface area contributed by atoms with Crippen molar-refractivity contribution in [3.05, 3.63) is 42.2 Å². The first-order valence-electron chi connectivity index (χ1n) is 5.89. The van der Waals surface area contributed by atoms with Gasteiger partial charge in [0.15, 0.2) is 0 Å². The number of hydrogen-bond acceptors (Lipinski definition) is 3. The topological polar surface area (TPSA) is 83.8 Å². The van der Waals surface area contributed by atoms with Gasteiger partial charge in [-0.25, -0.2) is 0 Å². The maximum Gasteiger partial charge on any atom is 0.251 e. The fraction of sp³-hybridized carbons (Fsp3) is 0.231. The number of aromatic amines is 1. The smallest absolute Gasteiger partial charge is 0.251 e. The van der Waals surface area contributed by atoms with E-state index in [2.05, 4.69) is 15.5 Å². The number of carbonyl (C=O) groups is 1. The lowest BCUT2D eigenvalue weighted by Gasteiger charge is -2.05. The number of nitrogens with one attached hydrogen (secondary N) is 2. The fourth-order valence-electron chi connectivity index (χ4n) is 1.65. The van der Waals surface area contributed by atoms with Crippen LogP contribution in [0.2, 0.25) is 0 Å². The highest BCUT2D eigenvalue weighted by atomic mass is 16.1. The molecule has 94 valence electrons. The van der Waals surface area contributed by atoms with Crippen molar-refractivity contribution in [3.8, 4) is 11.1 Å². The quantitative estimate of drug-likeness (QED) is 0.690. The van der Waals surface area contributed by atoms with Crippen molar-refractivity contribution < 1.29 is 4.79 Å². The molecule has 1 aromatic carbocycles. The number of nitrogens with zero attached hydrogens (tertiary/aromatic N) is 1. The molecule has 0 spiro atoms. The standard InChI is InChI=1S/C13H16N4O/c14-5-2-6-15-13(18)11-4-1-3-10(7-11)12-8-16-17-9-12/h1,3-4,7-9H,2,5-6,14H2,(H,15,18)(H,16,17). The van der Waals surface area contributed by atoms with Crippen molar-refractivity contribution in [2.45, 2.75) is 6.42 Å². The van der Waals surface area contributed by atoms with Crippen LogP contribution in [-0.4, -0.2) is 29.2 Å². The number of H-pyrrole nitrogens is 1. The first kappa shape index (κ1) is 12.3. The number of nitrogens with two attached hydrogens (primary N) is 1. The highest BCUT2D eigenvalue weighted by Crippen LogP contribution is 2.18. The van der Waals surface area contributed by atoms with E-state index in [1.54, 1.807) is 18.5 Å². The molecule has 2 rings (SSSR count). The first-order chi connectivity index (χ1) is 8.81. The van der Waals surface area contributed by atoms with Gasteiger partial charge in [-0.3, -0.25) is 9.89 Å². The zero-order valence-corrected chi connectivity index (χ0v) is 10.0. The molecule has 0 saturated heterocycles. The lowest BCUT2D eigenvalue weighted by molar-refractivity contribution is 0.0953. The second kappa shape index (κ2) is 5.97. The number of benzene rings is 1. The molecular formula is C13H16N4O. The number of amides is 1. The summed E-state index contributed by atoms with van der Waals surface area (Å²) in [5.41, 5.74) is 7.96. The average molecular weight is 244 g/mol. The predicted octanol–water partition coefficient (Wildman–Crippen LogP) is 1.16. The third-order valence-electron chi connectivity index (χ3n) is 2.62. The van der Waals surface area contributed by atoms with Gasteiger partial charge >= 0.3 is 0 Å². The van der Waals surface area contributed by atoms with E-state index in [9.17, 15) is 4.79 Å². The maximum absolute atomic E-state index is 11.9. The second-order valence-corrected chi connectivity index (χ2v) is 3.97. The fourth-order valence-corrected chi connectivity index (χ4v) is 1.65. The van der Waals surface area contributed by atoms with Gasteiger partial charge in [-0.05, 0) is 30.7 Å². The molecule has 5 heteroatoms. The van der Waals surface area contributed by atoms with E-state index in [4.69, 9.17) is 5.73 Å². The first-order valence-corrected chi connectivity index (χ1v) is 5.89. The van der Waals surface area contributed by atoms with Crippen LogP contribution in [-0.2, 0) is 0 Å². The molecule has 0 radical (unpaired) electrons. The van der Waals surface area contributed by atoms with Crippen molar-refractivity contribution in [3.63, 3.8) is 0 Å². The molecule has 0 unspecified atom stereocenters. The molecular weight excluding hydrogens is 228 g/mol. The minimum atomic E-state index is -0.0752. The molecule has 0 saturated carbocycles. The van der Waals surface area contributed by atoms with Gasteiger partial charge in [0, 0.05) is 23.9 Å². The van der Waals surface area contributed by atoms with Gasteiger partial charge in [0.25, 0.3) is 5.91 Å². The summed E-state index contributed by atoms with van der Waals surface area (Å²) < 4.78 is 0. The van der Waals surface area contributed by atoms with Crippen molar-refractivity contribution >= 4 is 5.91 Å². The van der Waals surface area contributed by atoms with Crippen molar-refractivity contribution in [2.75, 3.05) is 13.1 Å². The van der Waals surface area contributed by atoms with Crippen molar-refractivity contribution in [1.82, 2.24) is 15.5 Å². The van der Waals surface area contributed by atoms with Crippen molar-refractivity contribution in [2.24, 2.45) is 5.73 Å². The Bertz CT molecular complexity index is 507. The van der Waals surface area contributed by atoms with E-state index in [1.165, 1.54) is 0 Å². The van der Waals surface area contributed by atoms with Gasteiger partial charge in [-0.1, -0.05) is 12.1 Å². The van der Waals surface area contributed by atoms with Gasteiger partial charge in [0.2, 0.25) is 0 Å². The van der Waals surface area contributed by atoms with Crippen LogP contribution in [0.1, 0.15) is 16.8 Å². The summed E-state index contributed by atoms with van der Waals surface area (Å²) in [6.45, 7) is 1.18. The number of carbonyl (C=O) groups excluding carboxylic acids is 1. The highest BCUT2D eigenvalue weighted by molar-refractivity contribution is 5.95. The summed E-state index contributed by atoms with van der Waals surface area (Å²) in [6, 6.07) is 7.45. The van der Waals surface area contributed by atoms with Crippen LogP contribution in [0.15, 0.2) is 36.7 Å². The van der Waals surface area contributed by atoms with E-state index < -0.39 is 0 Å². The second-order valence-electron chi connectivity index (χ2n) is 3.97. The molecule has 1 amide bonds. The Morgan fingerprint density at radius 2 is 2.28 bits per heavy atom. The van der Waals surface area contributed by atoms with Gasteiger partial charge in [0.05, 0.1) is 6.20 Å². The molecule has 5 nitrogen and oxygen atoms in total. The summed E-state index contributed by atoms with van der Waals surface area (Å²) in [6.07, 6.45) is 4.31. The van der Waals surface area contributed by atoms with Crippen LogP contribution in [0.5, 0.6) is 0 Å². The summed E-state index contributed by atoms with van der Waals surface area (Å²) in [5.74, 6) is -0.0752. The van der Waals surface area contributed by atoms with Crippen LogP contribution < -0.4 is 11.1 Å². The molecule has 1 heterocycles. The van der Waals surface area contributed by atoms with E-state index in [-0.39, 0.29) is 5.91 Å². The molecule has 0 fully saturated rings. The third-order valence-corrected chi connectivity index (χ3v) is 2.62. The van der Waals surface area contributed by atoms with Crippen molar-refractivity contribution in [1.29, 1.82) is 0 Å². The minimum Gasteiger partial charge on any atom is -0.352 e. The minimum absolute atomic E-state index is 0.0752. The molecule has 4 N–H and O–H groups in total. The molecule has 2 aromatic rings. The van der Waals surface area contributed by atoms with Gasteiger partial charge in [0.1, 0.15) is 0 Å². The normalized spacial score (nSPS) is 10.3. The van der Waals surface area contributed by atoms with Crippen LogP contribution in [0.3, 0.4) is 0 Å². The van der Waals surface area contributed by atoms with Crippen LogP contribution >= 0.6 is 0 Å². The number of hydrogen-bond donors (Lipinski definition) is 3. The largest absolute Gasteiger partial charge is 0.352 e. The maximum atomic E-state index is 11.9. The highest BCUT2D eigenvalue weighted by Gasteiger charge is 2.06. The molecule has 18 heavy (non-hydrogen) atoms. The monoisotopic (exact) mass is 244 g/mol. The zero-order valence-electron chi connectivity index (χ0n) is 10.0. The predicted molar refractivity (Wildman–Crippen MR) is 70.0 cm³/mol. The van der Waals surface area contributed by atoms with Crippen LogP contribution in [0, 0.1) is 0 Å². The summed E-state index contributed by atoms with van der Waals surface area (Å²) in [7, 11) is 0. The SMILES string of the molecule is NCCCNC(=O)c1cccc(-c2cn[nH]c2)c1. The Morgan fingerprint density at radius 3 is 3.00 bits per heavy atom. The van der Waals surface area contributed by atoms with Gasteiger partial charge in [-0.15, -0.1) is 0 Å². The van der Waals surface area contributed by atoms with E-state index in [0.29, 0.717) is 18.7 Å². The van der Waals surface area contributed by atoms with Crippen LogP contribution in [0.25, 0.3) is 11.1 Å². The summed E-state index contributed by atoms with van der Waals surface area (Å²) in [5, 5.41) is 9.48. The van der Waals surface area contributed by atoms with E-state index in [0.717, 1.165) is 17.5 Å². The van der Waals surface area contributed by atoms with E-state index >= 15 is 0 Å². The Labute approximate surface area is 105 Å². The molecule has 0 aliphatic rings. The third kappa shape index (κ3) is 2.95. The molecule has 0 atom stereocenters. The lowest BCUT2D eigenvalue weighted by Crippen LogP contribution is -2.25. The molecule has 0 aliphatic heterocycles. The molecule has 0 bridgehead atoms. The summed E-state index contributed by atoms with van der Waals surface area (Å²) >= 11 is 0. The number of rotatable bonds is 5. The zero-order chi connectivity index (χ0) is 12.8. The Morgan fingerprint density at radius 1 is 1.39 bits per heavy atom. The number of aromatic nitrogens is 2. The van der Waals surface area contributed by atoms with E-state index in [1.807, 2.05) is 18.2 Å². The lowest BCUT2D eigenvalue weighted by atomic mass is 10.1. The molecule has 0 aliphatic carbocycles. The van der Waals surface area contributed by atoms with Gasteiger partial charge in [-0.2, -0.15) is 5.10 Å². The Hall–Kier alpha value is -2.14. The Balaban J connectivity index is 2.10.